The zero-order chi connectivity index (χ0) is 9.78. The quantitative estimate of drug-likeness (QED) is 0.601. The van der Waals surface area contributed by atoms with Gasteiger partial charge in [-0.2, -0.15) is 0 Å². The van der Waals surface area contributed by atoms with Crippen LogP contribution in [0, 0.1) is 0 Å². The third-order valence-electron chi connectivity index (χ3n) is 1.73. The number of hydrogen-bond donors (Lipinski definition) is 1. The van der Waals surface area contributed by atoms with E-state index in [1.54, 1.807) is 6.92 Å². The van der Waals surface area contributed by atoms with Crippen molar-refractivity contribution in [2.75, 3.05) is 27.7 Å². The van der Waals surface area contributed by atoms with Crippen molar-refractivity contribution in [3.8, 4) is 0 Å². The molecule has 0 spiro atoms. The van der Waals surface area contributed by atoms with Crippen molar-refractivity contribution in [1.29, 1.82) is 0 Å². The summed E-state index contributed by atoms with van der Waals surface area (Å²) in [4.78, 5) is 13.1. The highest BCUT2D eigenvalue weighted by Gasteiger charge is 2.28. The monoisotopic (exact) mass is 174 g/mol. The maximum atomic E-state index is 11.1. The maximum absolute atomic E-state index is 11.1. The molecule has 0 fully saturated rings. The van der Waals surface area contributed by atoms with Gasteiger partial charge in [-0.3, -0.25) is 4.79 Å². The summed E-state index contributed by atoms with van der Waals surface area (Å²) < 4.78 is 4.56. The van der Waals surface area contributed by atoms with Crippen LogP contribution >= 0.6 is 0 Å². The van der Waals surface area contributed by atoms with Crippen LogP contribution in [0.25, 0.3) is 0 Å². The number of ether oxygens (including phenoxy) is 1. The number of nitrogens with two attached hydrogens (primary N) is 1. The number of methoxy groups -OCH3 is 1. The van der Waals surface area contributed by atoms with Crippen molar-refractivity contribution >= 4 is 5.97 Å². The van der Waals surface area contributed by atoms with Crippen molar-refractivity contribution in [2.24, 2.45) is 5.73 Å². The summed E-state index contributed by atoms with van der Waals surface area (Å²) in [6.07, 6.45) is 0.604. The van der Waals surface area contributed by atoms with E-state index in [9.17, 15) is 4.79 Å². The summed E-state index contributed by atoms with van der Waals surface area (Å²) in [5.74, 6) is -0.357. The molecule has 0 aromatic carbocycles. The number of carbonyl (C=O) groups is 1. The highest BCUT2D eigenvalue weighted by molar-refractivity contribution is 5.79. The standard InChI is InChI=1S/C8H18N2O2/c1-8(9,7(11)12-4)5-6-10(2)3/h5-6,9H2,1-4H3. The largest absolute Gasteiger partial charge is 0.468 e. The first-order valence-corrected chi connectivity index (χ1v) is 3.92. The molecule has 0 saturated carbocycles. The average molecular weight is 174 g/mol. The second kappa shape index (κ2) is 4.42. The molecule has 0 saturated heterocycles. The van der Waals surface area contributed by atoms with Crippen molar-refractivity contribution in [3.63, 3.8) is 0 Å². The summed E-state index contributed by atoms with van der Waals surface area (Å²) >= 11 is 0. The van der Waals surface area contributed by atoms with Crippen LogP contribution < -0.4 is 5.73 Å². The first-order valence-electron chi connectivity index (χ1n) is 3.92. The minimum absolute atomic E-state index is 0.357. The number of rotatable bonds is 4. The molecule has 12 heavy (non-hydrogen) atoms. The Balaban J connectivity index is 3.95. The van der Waals surface area contributed by atoms with E-state index in [2.05, 4.69) is 4.74 Å². The minimum atomic E-state index is -0.862. The zero-order valence-corrected chi connectivity index (χ0v) is 8.26. The van der Waals surface area contributed by atoms with Crippen molar-refractivity contribution in [2.45, 2.75) is 18.9 Å². The van der Waals surface area contributed by atoms with E-state index in [-0.39, 0.29) is 5.97 Å². The van der Waals surface area contributed by atoms with E-state index in [4.69, 9.17) is 5.73 Å². The highest BCUT2D eigenvalue weighted by Crippen LogP contribution is 2.07. The van der Waals surface area contributed by atoms with Crippen LogP contribution in [0.15, 0.2) is 0 Å². The molecule has 0 bridgehead atoms. The van der Waals surface area contributed by atoms with Crippen molar-refractivity contribution in [1.82, 2.24) is 4.90 Å². The molecule has 0 amide bonds. The van der Waals surface area contributed by atoms with Gasteiger partial charge in [-0.15, -0.1) is 0 Å². The van der Waals surface area contributed by atoms with Crippen LogP contribution in [0.1, 0.15) is 13.3 Å². The number of nitrogens with zero attached hydrogens (tertiary/aromatic N) is 1. The first-order chi connectivity index (χ1) is 5.40. The Morgan fingerprint density at radius 1 is 1.58 bits per heavy atom. The SMILES string of the molecule is COC(=O)C(C)(N)CCN(C)C. The van der Waals surface area contributed by atoms with Gasteiger partial charge < -0.3 is 15.4 Å². The summed E-state index contributed by atoms with van der Waals surface area (Å²) in [5.41, 5.74) is 4.86. The molecule has 0 aromatic rings. The molecular formula is C8H18N2O2. The van der Waals surface area contributed by atoms with E-state index in [0.29, 0.717) is 6.42 Å². The molecule has 72 valence electrons. The van der Waals surface area contributed by atoms with Crippen LogP contribution in [0.5, 0.6) is 0 Å². The second-order valence-corrected chi connectivity index (χ2v) is 3.46. The third-order valence-corrected chi connectivity index (χ3v) is 1.73. The van der Waals surface area contributed by atoms with Gasteiger partial charge in [-0.1, -0.05) is 0 Å². The van der Waals surface area contributed by atoms with Crippen LogP contribution in [-0.2, 0) is 9.53 Å². The van der Waals surface area contributed by atoms with Gasteiger partial charge in [0.2, 0.25) is 0 Å². The van der Waals surface area contributed by atoms with E-state index < -0.39 is 5.54 Å². The highest BCUT2D eigenvalue weighted by atomic mass is 16.5. The lowest BCUT2D eigenvalue weighted by Crippen LogP contribution is -2.47. The molecule has 0 heterocycles. The van der Waals surface area contributed by atoms with Gasteiger partial charge in [0, 0.05) is 0 Å². The van der Waals surface area contributed by atoms with Gasteiger partial charge in [-0.05, 0) is 34.0 Å². The Bertz CT molecular complexity index is 155. The Kier molecular flexibility index (Phi) is 4.20. The van der Waals surface area contributed by atoms with Gasteiger partial charge in [0.05, 0.1) is 7.11 Å². The second-order valence-electron chi connectivity index (χ2n) is 3.46. The van der Waals surface area contributed by atoms with Gasteiger partial charge in [0.15, 0.2) is 0 Å². The molecule has 0 aliphatic rings. The fourth-order valence-corrected chi connectivity index (χ4v) is 0.791. The molecule has 1 atom stereocenters. The third kappa shape index (κ3) is 3.69. The summed E-state index contributed by atoms with van der Waals surface area (Å²) in [7, 11) is 5.23. The molecule has 4 heteroatoms. The molecule has 0 radical (unpaired) electrons. The predicted octanol–water partition coefficient (Wildman–Crippen LogP) is -0.171. The summed E-state index contributed by atoms with van der Waals surface area (Å²) in [6.45, 7) is 2.46. The normalized spacial score (nSPS) is 15.8. The molecule has 0 aliphatic carbocycles. The minimum Gasteiger partial charge on any atom is -0.468 e. The predicted molar refractivity (Wildman–Crippen MR) is 47.8 cm³/mol. The lowest BCUT2D eigenvalue weighted by molar-refractivity contribution is -0.146. The maximum Gasteiger partial charge on any atom is 0.325 e. The molecular weight excluding hydrogens is 156 g/mol. The fraction of sp³-hybridized carbons (Fsp3) is 0.875. The van der Waals surface area contributed by atoms with Crippen molar-refractivity contribution < 1.29 is 9.53 Å². The molecule has 0 aromatic heterocycles. The molecule has 4 nitrogen and oxygen atoms in total. The Hall–Kier alpha value is -0.610. The fourth-order valence-electron chi connectivity index (χ4n) is 0.791. The average Bonchev–Trinajstić information content (AvgIpc) is 1.99. The Labute approximate surface area is 73.7 Å². The molecule has 1 unspecified atom stereocenters. The van der Waals surface area contributed by atoms with Gasteiger partial charge >= 0.3 is 5.97 Å². The van der Waals surface area contributed by atoms with Crippen LogP contribution in [-0.4, -0.2) is 44.2 Å². The topological polar surface area (TPSA) is 55.6 Å². The van der Waals surface area contributed by atoms with Gasteiger partial charge in [0.1, 0.15) is 5.54 Å². The smallest absolute Gasteiger partial charge is 0.325 e. The van der Waals surface area contributed by atoms with Crippen LogP contribution in [0.4, 0.5) is 0 Å². The van der Waals surface area contributed by atoms with Crippen molar-refractivity contribution in [3.05, 3.63) is 0 Å². The van der Waals surface area contributed by atoms with E-state index in [1.165, 1.54) is 7.11 Å². The molecule has 2 N–H and O–H groups in total. The lowest BCUT2D eigenvalue weighted by Gasteiger charge is -2.22. The number of esters is 1. The van der Waals surface area contributed by atoms with Crippen LogP contribution in [0.2, 0.25) is 0 Å². The van der Waals surface area contributed by atoms with Crippen LogP contribution in [0.3, 0.4) is 0 Å². The van der Waals surface area contributed by atoms with Gasteiger partial charge in [-0.25, -0.2) is 0 Å². The van der Waals surface area contributed by atoms with E-state index in [0.717, 1.165) is 6.54 Å². The Morgan fingerprint density at radius 2 is 2.08 bits per heavy atom. The zero-order valence-electron chi connectivity index (χ0n) is 8.26. The molecule has 0 aliphatic heterocycles. The summed E-state index contributed by atoms with van der Waals surface area (Å²) in [6, 6.07) is 0. The number of hydrogen-bond acceptors (Lipinski definition) is 4. The van der Waals surface area contributed by atoms with E-state index in [1.807, 2.05) is 19.0 Å². The lowest BCUT2D eigenvalue weighted by atomic mass is 9.99. The van der Waals surface area contributed by atoms with Gasteiger partial charge in [0.25, 0.3) is 0 Å². The first kappa shape index (κ1) is 11.4. The van der Waals surface area contributed by atoms with E-state index >= 15 is 0 Å². The Morgan fingerprint density at radius 3 is 2.42 bits per heavy atom. The summed E-state index contributed by atoms with van der Waals surface area (Å²) in [5, 5.41) is 0. The molecule has 0 rings (SSSR count). The number of carbonyl (C=O) groups excluding carboxylic acids is 1.